The number of carbonyl (C=O) groups is 3. The van der Waals surface area contributed by atoms with Gasteiger partial charge < -0.3 is 25.4 Å². The summed E-state index contributed by atoms with van der Waals surface area (Å²) in [6, 6.07) is 17.2. The molecule has 0 aliphatic carbocycles. The number of hydrogen-bond acceptors (Lipinski definition) is 5. The normalized spacial score (nSPS) is 30.4. The molecule has 38 heavy (non-hydrogen) atoms. The van der Waals surface area contributed by atoms with Crippen LogP contribution in [0.4, 0.5) is 5.69 Å². The number of fused-ring (bicyclic) bond motifs is 1. The summed E-state index contributed by atoms with van der Waals surface area (Å²) in [6.07, 6.45) is 1.59. The van der Waals surface area contributed by atoms with Crippen molar-refractivity contribution in [1.82, 2.24) is 10.2 Å². The zero-order valence-electron chi connectivity index (χ0n) is 22.2. The highest BCUT2D eigenvalue weighted by Crippen LogP contribution is 2.63. The van der Waals surface area contributed by atoms with Crippen molar-refractivity contribution in [3.8, 4) is 0 Å². The fraction of sp³-hybridized carbons (Fsp3) is 0.500. The van der Waals surface area contributed by atoms with Crippen molar-refractivity contribution in [3.63, 3.8) is 0 Å². The third kappa shape index (κ3) is 4.39. The van der Waals surface area contributed by atoms with Gasteiger partial charge in [0.2, 0.25) is 17.7 Å². The predicted molar refractivity (Wildman–Crippen MR) is 143 cm³/mol. The Bertz CT molecular complexity index is 1190. The van der Waals surface area contributed by atoms with Crippen LogP contribution in [0, 0.1) is 17.8 Å². The number of likely N-dealkylation sites (tertiary alicyclic amines) is 1. The number of hydrogen-bond donors (Lipinski definition) is 3. The van der Waals surface area contributed by atoms with E-state index in [2.05, 4.69) is 10.6 Å². The fourth-order valence-corrected chi connectivity index (χ4v) is 6.90. The number of carbonyl (C=O) groups excluding carboxylic acids is 3. The minimum Gasteiger partial charge on any atom is -0.394 e. The van der Waals surface area contributed by atoms with Crippen LogP contribution < -0.4 is 10.6 Å². The first-order valence-corrected chi connectivity index (χ1v) is 13.5. The van der Waals surface area contributed by atoms with E-state index in [-0.39, 0.29) is 30.2 Å². The Morgan fingerprint density at radius 3 is 2.34 bits per heavy atom. The molecule has 2 aromatic carbocycles. The van der Waals surface area contributed by atoms with E-state index in [1.807, 2.05) is 69.3 Å². The van der Waals surface area contributed by atoms with Gasteiger partial charge in [0.25, 0.3) is 0 Å². The lowest BCUT2D eigenvalue weighted by Gasteiger charge is -2.37. The van der Waals surface area contributed by atoms with Gasteiger partial charge in [0.1, 0.15) is 11.6 Å². The van der Waals surface area contributed by atoms with Crippen LogP contribution in [-0.2, 0) is 25.7 Å². The molecule has 3 N–H and O–H groups in total. The first-order valence-electron chi connectivity index (χ1n) is 13.5. The van der Waals surface area contributed by atoms with Gasteiger partial charge in [-0.1, -0.05) is 62.4 Å². The van der Waals surface area contributed by atoms with Gasteiger partial charge in [-0.05, 0) is 49.8 Å². The molecule has 0 radical (unpaired) electrons. The number of nitrogens with zero attached hydrogens (tertiary/aromatic N) is 1. The van der Waals surface area contributed by atoms with Crippen molar-refractivity contribution in [3.05, 3.63) is 66.2 Å². The lowest BCUT2D eigenvalue weighted by atomic mass is 9.66. The third-order valence-corrected chi connectivity index (χ3v) is 8.44. The number of nitrogens with one attached hydrogen (secondary N) is 2. The summed E-state index contributed by atoms with van der Waals surface area (Å²) in [6.45, 7) is 5.96. The lowest BCUT2D eigenvalue weighted by molar-refractivity contribution is -0.149. The standard InChI is InChI=1S/C30H37N3O5/c1-19(2)16-22(18-34)33-25(27(36)31-17-20-10-6-4-7-11-20)30-15-14-29(3,38-30)23(24(30)28(33)37)26(35)32-21-12-8-5-9-13-21/h4-13,19,22-25,34H,14-18H2,1-3H3,(H,31,36)(H,32,35)/t22-,23+,24+,25?,29-,30?/m1/s1. The van der Waals surface area contributed by atoms with Crippen molar-refractivity contribution in [2.75, 3.05) is 11.9 Å². The molecule has 3 saturated heterocycles. The second kappa shape index (κ2) is 10.2. The quantitative estimate of drug-likeness (QED) is 0.472. The van der Waals surface area contributed by atoms with Crippen LogP contribution in [0.25, 0.3) is 0 Å². The van der Waals surface area contributed by atoms with Crippen LogP contribution in [0.1, 0.15) is 45.6 Å². The Morgan fingerprint density at radius 2 is 1.71 bits per heavy atom. The molecule has 2 aromatic rings. The van der Waals surface area contributed by atoms with Crippen molar-refractivity contribution < 1.29 is 24.2 Å². The Kier molecular flexibility index (Phi) is 7.05. The van der Waals surface area contributed by atoms with Gasteiger partial charge in [-0.2, -0.15) is 0 Å². The van der Waals surface area contributed by atoms with Crippen molar-refractivity contribution in [2.24, 2.45) is 17.8 Å². The molecule has 8 nitrogen and oxygen atoms in total. The maximum absolute atomic E-state index is 14.2. The summed E-state index contributed by atoms with van der Waals surface area (Å²) < 4.78 is 6.66. The smallest absolute Gasteiger partial charge is 0.246 e. The SMILES string of the molecule is CC(C)C[C@H](CO)N1C(=O)[C@@H]2[C@@H](C(=O)Nc3ccccc3)[C@@]3(C)CCC2(O3)C1C(=O)NCc1ccccc1. The molecule has 0 saturated carbocycles. The zero-order valence-corrected chi connectivity index (χ0v) is 22.2. The Morgan fingerprint density at radius 1 is 1.05 bits per heavy atom. The molecule has 0 aromatic heterocycles. The molecule has 202 valence electrons. The van der Waals surface area contributed by atoms with Crippen molar-refractivity contribution in [2.45, 2.75) is 69.9 Å². The number of anilines is 1. The van der Waals surface area contributed by atoms with Crippen LogP contribution in [-0.4, -0.2) is 57.6 Å². The van der Waals surface area contributed by atoms with Crippen LogP contribution in [0.15, 0.2) is 60.7 Å². The number of aliphatic hydroxyl groups is 1. The van der Waals surface area contributed by atoms with Gasteiger partial charge in [-0.15, -0.1) is 0 Å². The molecule has 3 aliphatic rings. The van der Waals surface area contributed by atoms with Crippen LogP contribution in [0.3, 0.4) is 0 Å². The molecule has 6 atom stereocenters. The van der Waals surface area contributed by atoms with E-state index in [9.17, 15) is 19.5 Å². The van der Waals surface area contributed by atoms with E-state index in [1.54, 1.807) is 17.0 Å². The topological polar surface area (TPSA) is 108 Å². The van der Waals surface area contributed by atoms with Crippen LogP contribution in [0.5, 0.6) is 0 Å². The molecule has 3 amide bonds. The molecule has 3 aliphatic heterocycles. The maximum Gasteiger partial charge on any atom is 0.246 e. The van der Waals surface area contributed by atoms with Gasteiger partial charge in [-0.3, -0.25) is 14.4 Å². The summed E-state index contributed by atoms with van der Waals surface area (Å²) in [5.74, 6) is -2.26. The van der Waals surface area contributed by atoms with E-state index < -0.39 is 35.1 Å². The molecule has 3 heterocycles. The second-order valence-corrected chi connectivity index (χ2v) is 11.5. The minimum absolute atomic E-state index is 0.192. The van der Waals surface area contributed by atoms with Gasteiger partial charge in [0.15, 0.2) is 0 Å². The molecule has 2 unspecified atom stereocenters. The molecule has 5 rings (SSSR count). The predicted octanol–water partition coefficient (Wildman–Crippen LogP) is 3.11. The number of ether oxygens (including phenoxy) is 1. The monoisotopic (exact) mass is 519 g/mol. The number of para-hydroxylation sites is 1. The summed E-state index contributed by atoms with van der Waals surface area (Å²) in [4.78, 5) is 43.4. The first-order chi connectivity index (χ1) is 18.2. The number of benzene rings is 2. The van der Waals surface area contributed by atoms with E-state index in [0.717, 1.165) is 5.56 Å². The first kappa shape index (κ1) is 26.4. The Labute approximate surface area is 223 Å². The fourth-order valence-electron chi connectivity index (χ4n) is 6.90. The Hall–Kier alpha value is -3.23. The number of aliphatic hydroxyl groups excluding tert-OH is 1. The van der Waals surface area contributed by atoms with E-state index in [0.29, 0.717) is 31.5 Å². The summed E-state index contributed by atoms with van der Waals surface area (Å²) in [7, 11) is 0. The highest BCUT2D eigenvalue weighted by molar-refractivity contribution is 6.02. The maximum atomic E-state index is 14.2. The molecule has 8 heteroatoms. The van der Waals surface area contributed by atoms with Gasteiger partial charge in [0, 0.05) is 12.2 Å². The highest BCUT2D eigenvalue weighted by atomic mass is 16.5. The van der Waals surface area contributed by atoms with E-state index >= 15 is 0 Å². The molecular weight excluding hydrogens is 482 g/mol. The molecule has 2 bridgehead atoms. The number of amides is 3. The number of rotatable bonds is 9. The van der Waals surface area contributed by atoms with Crippen LogP contribution in [0.2, 0.25) is 0 Å². The largest absolute Gasteiger partial charge is 0.394 e. The average Bonchev–Trinajstić information content (AvgIpc) is 3.47. The van der Waals surface area contributed by atoms with Crippen molar-refractivity contribution in [1.29, 1.82) is 0 Å². The third-order valence-electron chi connectivity index (χ3n) is 8.44. The minimum atomic E-state index is -1.13. The second-order valence-electron chi connectivity index (χ2n) is 11.5. The zero-order chi connectivity index (χ0) is 27.1. The average molecular weight is 520 g/mol. The van der Waals surface area contributed by atoms with Crippen LogP contribution >= 0.6 is 0 Å². The Balaban J connectivity index is 1.50. The summed E-state index contributed by atoms with van der Waals surface area (Å²) >= 11 is 0. The molecular formula is C30H37N3O5. The van der Waals surface area contributed by atoms with E-state index in [1.165, 1.54) is 0 Å². The van der Waals surface area contributed by atoms with Gasteiger partial charge in [-0.25, -0.2) is 0 Å². The lowest BCUT2D eigenvalue weighted by Crippen LogP contribution is -2.58. The summed E-state index contributed by atoms with van der Waals surface area (Å²) in [5, 5.41) is 16.3. The van der Waals surface area contributed by atoms with Gasteiger partial charge >= 0.3 is 0 Å². The molecule has 1 spiro atoms. The van der Waals surface area contributed by atoms with Gasteiger partial charge in [0.05, 0.1) is 30.1 Å². The van der Waals surface area contributed by atoms with E-state index in [4.69, 9.17) is 4.74 Å². The van der Waals surface area contributed by atoms with Crippen molar-refractivity contribution >= 4 is 23.4 Å². The summed E-state index contributed by atoms with van der Waals surface area (Å²) in [5.41, 5.74) is -0.410. The highest BCUT2D eigenvalue weighted by Gasteiger charge is 2.78. The molecule has 3 fully saturated rings.